The molecule has 2 heterocycles. The van der Waals surface area contributed by atoms with E-state index in [2.05, 4.69) is 11.8 Å². The second-order valence-corrected chi connectivity index (χ2v) is 6.50. The Kier molecular flexibility index (Phi) is 5.20. The number of hydrogen-bond donors (Lipinski definition) is 1. The number of benzene rings is 1. The van der Waals surface area contributed by atoms with Crippen molar-refractivity contribution in [3.63, 3.8) is 0 Å². The number of carbonyl (C=O) groups is 2. The van der Waals surface area contributed by atoms with Crippen LogP contribution in [-0.4, -0.2) is 64.8 Å². The van der Waals surface area contributed by atoms with Gasteiger partial charge in [0.05, 0.1) is 6.61 Å². The first-order valence-electron chi connectivity index (χ1n) is 8.71. The summed E-state index contributed by atoms with van der Waals surface area (Å²) in [5.41, 5.74) is 0.102. The van der Waals surface area contributed by atoms with E-state index in [9.17, 15) is 14.7 Å². The van der Waals surface area contributed by atoms with Crippen LogP contribution in [0.1, 0.15) is 25.3 Å². The normalized spacial score (nSPS) is 23.4. The van der Waals surface area contributed by atoms with Crippen LogP contribution in [0.15, 0.2) is 36.4 Å². The van der Waals surface area contributed by atoms with E-state index in [1.807, 2.05) is 30.3 Å². The Morgan fingerprint density at radius 2 is 1.96 bits per heavy atom. The molecular formula is C19H24N2O4. The number of piperidine rings is 1. The fourth-order valence-electron chi connectivity index (χ4n) is 3.61. The standard InChI is InChI=1S/C19H24N2O4/c1-2-20-12-10-19(11-13-20)21(16(14-25-19)18(23)24)17(22)9-8-15-6-4-3-5-7-15/h3-9,16H,2,10-14H2,1H3,(H,23,24)/b9-8-/t16-/m0/s1. The van der Waals surface area contributed by atoms with E-state index in [4.69, 9.17) is 4.74 Å². The maximum absolute atomic E-state index is 12.8. The van der Waals surface area contributed by atoms with Crippen molar-refractivity contribution in [2.75, 3.05) is 26.2 Å². The topological polar surface area (TPSA) is 70.1 Å². The summed E-state index contributed by atoms with van der Waals surface area (Å²) in [6.07, 6.45) is 4.44. The predicted octanol–water partition coefficient (Wildman–Crippen LogP) is 1.82. The summed E-state index contributed by atoms with van der Waals surface area (Å²) in [4.78, 5) is 28.2. The highest BCUT2D eigenvalue weighted by Gasteiger charge is 2.53. The Morgan fingerprint density at radius 1 is 1.28 bits per heavy atom. The van der Waals surface area contributed by atoms with Crippen LogP contribution < -0.4 is 0 Å². The fraction of sp³-hybridized carbons (Fsp3) is 0.474. The van der Waals surface area contributed by atoms with Gasteiger partial charge in [-0.3, -0.25) is 9.69 Å². The molecule has 6 heteroatoms. The molecule has 6 nitrogen and oxygen atoms in total. The third kappa shape index (κ3) is 3.60. The third-order valence-electron chi connectivity index (χ3n) is 5.09. The number of likely N-dealkylation sites (tertiary alicyclic amines) is 1. The number of carboxylic acid groups (broad SMARTS) is 1. The number of carbonyl (C=O) groups excluding carboxylic acids is 1. The van der Waals surface area contributed by atoms with Crippen molar-refractivity contribution in [3.05, 3.63) is 42.0 Å². The van der Waals surface area contributed by atoms with Crippen molar-refractivity contribution in [1.82, 2.24) is 9.80 Å². The number of hydrogen-bond acceptors (Lipinski definition) is 4. The van der Waals surface area contributed by atoms with Gasteiger partial charge < -0.3 is 14.7 Å². The van der Waals surface area contributed by atoms with E-state index < -0.39 is 17.7 Å². The number of ether oxygens (including phenoxy) is 1. The summed E-state index contributed by atoms with van der Waals surface area (Å²) < 4.78 is 5.90. The molecule has 1 amide bonds. The summed E-state index contributed by atoms with van der Waals surface area (Å²) in [7, 11) is 0. The van der Waals surface area contributed by atoms with Gasteiger partial charge in [0.2, 0.25) is 5.91 Å². The molecule has 2 aliphatic rings. The van der Waals surface area contributed by atoms with Crippen molar-refractivity contribution in [3.8, 4) is 0 Å². The highest BCUT2D eigenvalue weighted by molar-refractivity contribution is 5.95. The second kappa shape index (κ2) is 7.37. The lowest BCUT2D eigenvalue weighted by Gasteiger charge is -2.43. The molecule has 1 atom stereocenters. The number of rotatable bonds is 4. The Labute approximate surface area is 147 Å². The van der Waals surface area contributed by atoms with Gasteiger partial charge >= 0.3 is 5.97 Å². The first-order valence-corrected chi connectivity index (χ1v) is 8.71. The van der Waals surface area contributed by atoms with E-state index in [0.717, 1.165) is 25.2 Å². The smallest absolute Gasteiger partial charge is 0.328 e. The largest absolute Gasteiger partial charge is 0.480 e. The van der Waals surface area contributed by atoms with Crippen LogP contribution in [0.4, 0.5) is 0 Å². The SMILES string of the molecule is CCN1CCC2(CC1)OC[C@@H](C(=O)O)N2C(=O)/C=C\c1ccccc1. The molecular weight excluding hydrogens is 320 g/mol. The molecule has 134 valence electrons. The van der Waals surface area contributed by atoms with Crippen LogP contribution in [-0.2, 0) is 14.3 Å². The van der Waals surface area contributed by atoms with Gasteiger partial charge in [-0.2, -0.15) is 0 Å². The van der Waals surface area contributed by atoms with Crippen LogP contribution in [0.3, 0.4) is 0 Å². The number of nitrogens with zero attached hydrogens (tertiary/aromatic N) is 2. The minimum atomic E-state index is -1.02. The summed E-state index contributed by atoms with van der Waals surface area (Å²) in [5, 5.41) is 9.52. The molecule has 0 radical (unpaired) electrons. The molecule has 3 rings (SSSR count). The zero-order valence-electron chi connectivity index (χ0n) is 14.4. The van der Waals surface area contributed by atoms with Gasteiger partial charge in [-0.25, -0.2) is 4.79 Å². The molecule has 1 spiro atoms. The number of amides is 1. The van der Waals surface area contributed by atoms with E-state index in [0.29, 0.717) is 12.8 Å². The number of carboxylic acids is 1. The van der Waals surface area contributed by atoms with Crippen LogP contribution >= 0.6 is 0 Å². The highest BCUT2D eigenvalue weighted by atomic mass is 16.5. The molecule has 2 fully saturated rings. The van der Waals surface area contributed by atoms with E-state index in [1.165, 1.54) is 11.0 Å². The Balaban J connectivity index is 1.81. The van der Waals surface area contributed by atoms with Gasteiger partial charge in [-0.15, -0.1) is 0 Å². The molecule has 2 aliphatic heterocycles. The van der Waals surface area contributed by atoms with Crippen molar-refractivity contribution >= 4 is 18.0 Å². The lowest BCUT2D eigenvalue weighted by atomic mass is 9.97. The molecule has 0 unspecified atom stereocenters. The minimum Gasteiger partial charge on any atom is -0.480 e. The average Bonchev–Trinajstić information content (AvgIpc) is 3.00. The van der Waals surface area contributed by atoms with Gasteiger partial charge in [-0.1, -0.05) is 37.3 Å². The number of aliphatic carboxylic acids is 1. The molecule has 1 aromatic carbocycles. The molecule has 0 aliphatic carbocycles. The van der Waals surface area contributed by atoms with Gasteiger partial charge in [0.25, 0.3) is 0 Å². The summed E-state index contributed by atoms with van der Waals surface area (Å²) in [5.74, 6) is -1.32. The van der Waals surface area contributed by atoms with Crippen LogP contribution in [0.2, 0.25) is 0 Å². The van der Waals surface area contributed by atoms with Crippen LogP contribution in [0, 0.1) is 0 Å². The summed E-state index contributed by atoms with van der Waals surface area (Å²) in [6, 6.07) is 8.56. The molecule has 0 bridgehead atoms. The molecule has 25 heavy (non-hydrogen) atoms. The average molecular weight is 344 g/mol. The Hall–Kier alpha value is -2.18. The van der Waals surface area contributed by atoms with Gasteiger partial charge in [0, 0.05) is 32.0 Å². The Morgan fingerprint density at radius 3 is 2.56 bits per heavy atom. The van der Waals surface area contributed by atoms with Crippen LogP contribution in [0.25, 0.3) is 6.08 Å². The fourth-order valence-corrected chi connectivity index (χ4v) is 3.61. The molecule has 1 N–H and O–H groups in total. The molecule has 2 saturated heterocycles. The van der Waals surface area contributed by atoms with Gasteiger partial charge in [0.15, 0.2) is 6.04 Å². The van der Waals surface area contributed by atoms with Crippen molar-refractivity contribution < 1.29 is 19.4 Å². The first-order chi connectivity index (χ1) is 12.1. The third-order valence-corrected chi connectivity index (χ3v) is 5.09. The zero-order chi connectivity index (χ0) is 17.9. The monoisotopic (exact) mass is 344 g/mol. The van der Waals surface area contributed by atoms with E-state index in [1.54, 1.807) is 6.08 Å². The van der Waals surface area contributed by atoms with Crippen molar-refractivity contribution in [2.24, 2.45) is 0 Å². The van der Waals surface area contributed by atoms with E-state index in [-0.39, 0.29) is 12.5 Å². The predicted molar refractivity (Wildman–Crippen MR) is 93.8 cm³/mol. The van der Waals surface area contributed by atoms with E-state index >= 15 is 0 Å². The maximum Gasteiger partial charge on any atom is 0.328 e. The van der Waals surface area contributed by atoms with Crippen molar-refractivity contribution in [2.45, 2.75) is 31.5 Å². The highest BCUT2D eigenvalue weighted by Crippen LogP contribution is 2.37. The summed E-state index contributed by atoms with van der Waals surface area (Å²) >= 11 is 0. The van der Waals surface area contributed by atoms with Gasteiger partial charge in [0.1, 0.15) is 5.72 Å². The molecule has 1 aromatic rings. The molecule has 0 aromatic heterocycles. The Bertz CT molecular complexity index is 651. The van der Waals surface area contributed by atoms with Crippen LogP contribution in [0.5, 0.6) is 0 Å². The maximum atomic E-state index is 12.8. The molecule has 0 saturated carbocycles. The quantitative estimate of drug-likeness (QED) is 0.844. The first kappa shape index (κ1) is 17.6. The minimum absolute atomic E-state index is 0.0480. The van der Waals surface area contributed by atoms with Crippen molar-refractivity contribution in [1.29, 1.82) is 0 Å². The lowest BCUT2D eigenvalue weighted by molar-refractivity contribution is -0.161. The van der Waals surface area contributed by atoms with Gasteiger partial charge in [-0.05, 0) is 18.2 Å². The lowest BCUT2D eigenvalue weighted by Crippen LogP contribution is -2.57. The zero-order valence-corrected chi connectivity index (χ0v) is 14.4. The summed E-state index contributed by atoms with van der Waals surface area (Å²) in [6.45, 7) is 4.69. The second-order valence-electron chi connectivity index (χ2n) is 6.50.